The quantitative estimate of drug-likeness (QED) is 0.295. The maximum Gasteiger partial charge on any atom is 0.191 e. The zero-order valence-electron chi connectivity index (χ0n) is 14.7. The zero-order valence-corrected chi connectivity index (χ0v) is 17.9. The molecule has 0 aromatic heterocycles. The molecule has 0 aromatic carbocycles. The van der Waals surface area contributed by atoms with Crippen LogP contribution in [0, 0.1) is 5.41 Å². The van der Waals surface area contributed by atoms with Crippen LogP contribution in [0.4, 0.5) is 0 Å². The molecule has 138 valence electrons. The third kappa shape index (κ3) is 10.4. The number of nitrogens with one attached hydrogen (secondary N) is 2. The van der Waals surface area contributed by atoms with Crippen molar-refractivity contribution < 1.29 is 13.2 Å². The van der Waals surface area contributed by atoms with E-state index in [2.05, 4.69) is 15.6 Å². The second kappa shape index (κ2) is 10.7. The molecule has 6 nitrogen and oxygen atoms in total. The first-order valence-corrected chi connectivity index (χ1v) is 10.1. The summed E-state index contributed by atoms with van der Waals surface area (Å²) in [4.78, 5) is 4.67. The fourth-order valence-electron chi connectivity index (χ4n) is 2.25. The number of hydrogen-bond donors (Lipinski definition) is 2. The van der Waals surface area contributed by atoms with Crippen LogP contribution in [0.2, 0.25) is 0 Å². The van der Waals surface area contributed by atoms with E-state index in [1.54, 1.807) is 7.11 Å². The topological polar surface area (TPSA) is 79.8 Å². The lowest BCUT2D eigenvalue weighted by atomic mass is 10.0. The van der Waals surface area contributed by atoms with E-state index in [1.165, 1.54) is 19.1 Å². The first kappa shape index (κ1) is 22.9. The summed E-state index contributed by atoms with van der Waals surface area (Å²) in [6, 6.07) is 0.0710. The molecule has 1 atom stereocenters. The van der Waals surface area contributed by atoms with Crippen LogP contribution in [0.25, 0.3) is 0 Å². The van der Waals surface area contributed by atoms with Crippen LogP contribution in [0.1, 0.15) is 39.5 Å². The summed E-state index contributed by atoms with van der Waals surface area (Å²) in [6.45, 7) is 6.37. The number of rotatable bonds is 10. The van der Waals surface area contributed by atoms with Gasteiger partial charge in [0.15, 0.2) is 5.96 Å². The van der Waals surface area contributed by atoms with Crippen LogP contribution >= 0.6 is 24.0 Å². The van der Waals surface area contributed by atoms with Crippen molar-refractivity contribution in [1.82, 2.24) is 10.6 Å². The molecule has 8 heteroatoms. The minimum absolute atomic E-state index is 0. The summed E-state index contributed by atoms with van der Waals surface area (Å²) in [6.07, 6.45) is 5.32. The lowest BCUT2D eigenvalue weighted by molar-refractivity contribution is 0.174. The molecule has 1 fully saturated rings. The van der Waals surface area contributed by atoms with Crippen LogP contribution in [0.3, 0.4) is 0 Å². The predicted molar refractivity (Wildman–Crippen MR) is 106 cm³/mol. The molecule has 1 aliphatic carbocycles. The van der Waals surface area contributed by atoms with E-state index in [1.807, 2.05) is 13.8 Å². The van der Waals surface area contributed by atoms with Gasteiger partial charge in [0.1, 0.15) is 9.84 Å². The Morgan fingerprint density at radius 2 is 2.04 bits per heavy atom. The molecule has 2 N–H and O–H groups in total. The average Bonchev–Trinajstić information content (AvgIpc) is 3.20. The molecule has 1 unspecified atom stereocenters. The lowest BCUT2D eigenvalue weighted by Crippen LogP contribution is -2.43. The fraction of sp³-hybridized carbons (Fsp3) is 0.933. The molecule has 0 heterocycles. The lowest BCUT2D eigenvalue weighted by Gasteiger charge is -2.19. The third-order valence-electron chi connectivity index (χ3n) is 4.02. The van der Waals surface area contributed by atoms with E-state index in [-0.39, 0.29) is 35.8 Å². The maximum atomic E-state index is 11.2. The van der Waals surface area contributed by atoms with Gasteiger partial charge in [0, 0.05) is 39.1 Å². The van der Waals surface area contributed by atoms with Gasteiger partial charge in [0.25, 0.3) is 0 Å². The molecule has 23 heavy (non-hydrogen) atoms. The number of halogens is 1. The smallest absolute Gasteiger partial charge is 0.191 e. The summed E-state index contributed by atoms with van der Waals surface area (Å²) in [5.41, 5.74) is 0.314. The Balaban J connectivity index is 0.00000484. The predicted octanol–water partition coefficient (Wildman–Crippen LogP) is 1.80. The van der Waals surface area contributed by atoms with Crippen molar-refractivity contribution in [2.75, 3.05) is 38.8 Å². The maximum absolute atomic E-state index is 11.2. The van der Waals surface area contributed by atoms with Crippen molar-refractivity contribution in [2.24, 2.45) is 10.4 Å². The molecule has 0 aliphatic heterocycles. The normalized spacial score (nSPS) is 18.0. The van der Waals surface area contributed by atoms with Gasteiger partial charge in [-0.2, -0.15) is 0 Å². The van der Waals surface area contributed by atoms with Crippen LogP contribution in [-0.2, 0) is 14.6 Å². The van der Waals surface area contributed by atoms with Gasteiger partial charge < -0.3 is 15.4 Å². The van der Waals surface area contributed by atoms with Crippen molar-refractivity contribution in [3.05, 3.63) is 0 Å². The van der Waals surface area contributed by atoms with Gasteiger partial charge in [-0.1, -0.05) is 0 Å². The summed E-state index contributed by atoms with van der Waals surface area (Å²) < 4.78 is 27.6. The Labute approximate surface area is 158 Å². The summed E-state index contributed by atoms with van der Waals surface area (Å²) in [5, 5.41) is 6.52. The average molecular weight is 461 g/mol. The first-order chi connectivity index (χ1) is 10.3. The number of aliphatic imine (C=N–C) groups is 1. The third-order valence-corrected chi connectivity index (χ3v) is 4.99. The van der Waals surface area contributed by atoms with Gasteiger partial charge in [0.05, 0.1) is 5.75 Å². The molecule has 0 spiro atoms. The van der Waals surface area contributed by atoms with E-state index in [0.29, 0.717) is 11.8 Å². The Hall–Kier alpha value is -0.0900. The Morgan fingerprint density at radius 1 is 1.39 bits per heavy atom. The number of nitrogens with zero attached hydrogens (tertiary/aromatic N) is 1. The van der Waals surface area contributed by atoms with Gasteiger partial charge in [-0.25, -0.2) is 8.42 Å². The molecule has 1 aliphatic rings. The molecular weight excluding hydrogens is 429 g/mol. The van der Waals surface area contributed by atoms with E-state index in [4.69, 9.17) is 4.74 Å². The van der Waals surface area contributed by atoms with E-state index in [9.17, 15) is 8.42 Å². The van der Waals surface area contributed by atoms with Crippen molar-refractivity contribution >= 4 is 39.8 Å². The standard InChI is InChI=1S/C15H31N3O3S.HI/c1-5-16-14(18-13(2)6-11-22(4,19)20)17-12-15(7-8-15)9-10-21-3;/h13H,5-12H2,1-4H3,(H2,16,17,18);1H. The van der Waals surface area contributed by atoms with Gasteiger partial charge in [-0.15, -0.1) is 24.0 Å². The van der Waals surface area contributed by atoms with Gasteiger partial charge in [0.2, 0.25) is 0 Å². The van der Waals surface area contributed by atoms with Crippen molar-refractivity contribution in [3.63, 3.8) is 0 Å². The molecule has 0 radical (unpaired) electrons. The molecule has 0 aromatic rings. The Bertz CT molecular complexity index is 465. The Kier molecular flexibility index (Phi) is 10.7. The molecule has 0 saturated heterocycles. The van der Waals surface area contributed by atoms with Crippen molar-refractivity contribution in [2.45, 2.75) is 45.6 Å². The zero-order chi connectivity index (χ0) is 16.6. The van der Waals surface area contributed by atoms with Gasteiger partial charge in [-0.05, 0) is 44.9 Å². The number of hydrogen-bond acceptors (Lipinski definition) is 4. The number of ether oxygens (including phenoxy) is 1. The minimum atomic E-state index is -2.92. The van der Waals surface area contributed by atoms with Crippen LogP contribution in [0.15, 0.2) is 4.99 Å². The SMILES string of the molecule is CCNC(=NCC1(CCOC)CC1)NC(C)CCS(C)(=O)=O.I. The van der Waals surface area contributed by atoms with E-state index >= 15 is 0 Å². The first-order valence-electron chi connectivity index (χ1n) is 8.02. The van der Waals surface area contributed by atoms with Crippen LogP contribution < -0.4 is 10.6 Å². The number of guanidine groups is 1. The number of methoxy groups -OCH3 is 1. The fourth-order valence-corrected chi connectivity index (χ4v) is 3.03. The number of sulfone groups is 1. The van der Waals surface area contributed by atoms with Crippen molar-refractivity contribution in [1.29, 1.82) is 0 Å². The second-order valence-electron chi connectivity index (χ2n) is 6.40. The second-order valence-corrected chi connectivity index (χ2v) is 8.66. The van der Waals surface area contributed by atoms with E-state index < -0.39 is 9.84 Å². The molecule has 0 amide bonds. The van der Waals surface area contributed by atoms with E-state index in [0.717, 1.165) is 32.1 Å². The summed E-state index contributed by atoms with van der Waals surface area (Å²) in [7, 11) is -1.19. The van der Waals surface area contributed by atoms with Gasteiger partial charge >= 0.3 is 0 Å². The van der Waals surface area contributed by atoms with Crippen molar-refractivity contribution in [3.8, 4) is 0 Å². The highest BCUT2D eigenvalue weighted by Gasteiger charge is 2.41. The highest BCUT2D eigenvalue weighted by Crippen LogP contribution is 2.48. The minimum Gasteiger partial charge on any atom is -0.385 e. The highest BCUT2D eigenvalue weighted by atomic mass is 127. The van der Waals surface area contributed by atoms with Crippen LogP contribution in [0.5, 0.6) is 0 Å². The molecule has 1 rings (SSSR count). The molecular formula is C15H32IN3O3S. The van der Waals surface area contributed by atoms with Crippen LogP contribution in [-0.4, -0.2) is 59.2 Å². The summed E-state index contributed by atoms with van der Waals surface area (Å²) in [5.74, 6) is 0.963. The monoisotopic (exact) mass is 461 g/mol. The highest BCUT2D eigenvalue weighted by molar-refractivity contribution is 14.0. The molecule has 1 saturated carbocycles. The molecule has 0 bridgehead atoms. The largest absolute Gasteiger partial charge is 0.385 e. The summed E-state index contributed by atoms with van der Waals surface area (Å²) >= 11 is 0. The Morgan fingerprint density at radius 3 is 2.52 bits per heavy atom. The van der Waals surface area contributed by atoms with Gasteiger partial charge in [-0.3, -0.25) is 4.99 Å².